The lowest BCUT2D eigenvalue weighted by molar-refractivity contribution is 0.281. The lowest BCUT2D eigenvalue weighted by Gasteiger charge is -2.15. The summed E-state index contributed by atoms with van der Waals surface area (Å²) in [6, 6.07) is 10.1. The second-order valence-corrected chi connectivity index (χ2v) is 5.97. The Balaban J connectivity index is 2.00. The van der Waals surface area contributed by atoms with E-state index in [2.05, 4.69) is 25.6 Å². The monoisotopic (exact) mass is 353 g/mol. The smallest absolute Gasteiger partial charge is 0.225 e. The van der Waals surface area contributed by atoms with Gasteiger partial charge in [0.2, 0.25) is 5.95 Å². The average Bonchev–Trinajstić information content (AvgIpc) is 2.66. The fourth-order valence-corrected chi connectivity index (χ4v) is 2.38. The van der Waals surface area contributed by atoms with Crippen molar-refractivity contribution in [3.05, 3.63) is 60.2 Å². The molecule has 0 saturated heterocycles. The number of hydrogen-bond acceptors (Lipinski definition) is 6. The Bertz CT molecular complexity index is 888. The summed E-state index contributed by atoms with van der Waals surface area (Å²) in [5.41, 5.74) is 2.63. The number of anilines is 3. The molecular formula is C19H20FN5O. The third-order valence-corrected chi connectivity index (χ3v) is 3.86. The molecule has 6 nitrogen and oxygen atoms in total. The summed E-state index contributed by atoms with van der Waals surface area (Å²) < 4.78 is 13.8. The highest BCUT2D eigenvalue weighted by Crippen LogP contribution is 2.25. The van der Waals surface area contributed by atoms with Gasteiger partial charge in [0.15, 0.2) is 0 Å². The molecule has 0 saturated carbocycles. The molecule has 7 heteroatoms. The Morgan fingerprint density at radius 2 is 2.04 bits per heavy atom. The van der Waals surface area contributed by atoms with Crippen LogP contribution in [0.1, 0.15) is 12.5 Å². The van der Waals surface area contributed by atoms with Crippen molar-refractivity contribution in [2.45, 2.75) is 19.9 Å². The lowest BCUT2D eigenvalue weighted by atomic mass is 10.2. The van der Waals surface area contributed by atoms with Crippen molar-refractivity contribution in [3.63, 3.8) is 0 Å². The van der Waals surface area contributed by atoms with E-state index in [-0.39, 0.29) is 18.5 Å². The average molecular weight is 353 g/mol. The summed E-state index contributed by atoms with van der Waals surface area (Å²) in [7, 11) is 0. The van der Waals surface area contributed by atoms with Crippen LogP contribution in [0.3, 0.4) is 0 Å². The topological polar surface area (TPSA) is 83.0 Å². The van der Waals surface area contributed by atoms with Crippen LogP contribution in [0.4, 0.5) is 21.8 Å². The number of hydrogen-bond donors (Lipinski definition) is 3. The molecule has 2 heterocycles. The minimum atomic E-state index is -0.288. The number of aromatic nitrogens is 3. The Morgan fingerprint density at radius 1 is 1.19 bits per heavy atom. The van der Waals surface area contributed by atoms with E-state index in [0.717, 1.165) is 5.56 Å². The first-order valence-corrected chi connectivity index (χ1v) is 8.26. The van der Waals surface area contributed by atoms with Crippen LogP contribution in [0, 0.1) is 12.7 Å². The van der Waals surface area contributed by atoms with E-state index in [1.54, 1.807) is 37.5 Å². The quantitative estimate of drug-likeness (QED) is 0.629. The molecule has 0 bridgehead atoms. The number of rotatable bonds is 6. The third-order valence-electron chi connectivity index (χ3n) is 3.86. The highest BCUT2D eigenvalue weighted by atomic mass is 19.1. The predicted molar refractivity (Wildman–Crippen MR) is 99.9 cm³/mol. The van der Waals surface area contributed by atoms with Crippen molar-refractivity contribution in [2.75, 3.05) is 17.2 Å². The molecule has 0 aliphatic heterocycles. The molecule has 0 spiro atoms. The molecule has 1 aromatic carbocycles. The van der Waals surface area contributed by atoms with E-state index in [4.69, 9.17) is 0 Å². The van der Waals surface area contributed by atoms with Gasteiger partial charge in [0.25, 0.3) is 0 Å². The maximum atomic E-state index is 13.8. The minimum absolute atomic E-state index is 0.0494. The van der Waals surface area contributed by atoms with Crippen LogP contribution in [-0.2, 0) is 0 Å². The molecule has 0 unspecified atom stereocenters. The highest BCUT2D eigenvalue weighted by Gasteiger charge is 2.11. The molecule has 0 radical (unpaired) electrons. The van der Waals surface area contributed by atoms with Crippen LogP contribution < -0.4 is 10.6 Å². The van der Waals surface area contributed by atoms with Gasteiger partial charge in [-0.2, -0.15) is 4.98 Å². The van der Waals surface area contributed by atoms with Crippen LogP contribution in [0.5, 0.6) is 0 Å². The number of nitrogens with zero attached hydrogens (tertiary/aromatic N) is 3. The Hall–Kier alpha value is -3.06. The van der Waals surface area contributed by atoms with Crippen molar-refractivity contribution in [1.29, 1.82) is 0 Å². The lowest BCUT2D eigenvalue weighted by Crippen LogP contribution is -2.21. The fraction of sp³-hybridized carbons (Fsp3) is 0.211. The van der Waals surface area contributed by atoms with Crippen molar-refractivity contribution >= 4 is 17.5 Å². The van der Waals surface area contributed by atoms with E-state index in [1.807, 2.05) is 19.1 Å². The van der Waals surface area contributed by atoms with Crippen molar-refractivity contribution < 1.29 is 9.50 Å². The van der Waals surface area contributed by atoms with Crippen LogP contribution >= 0.6 is 0 Å². The summed E-state index contributed by atoms with van der Waals surface area (Å²) >= 11 is 0. The predicted octanol–water partition coefficient (Wildman–Crippen LogP) is 3.52. The molecule has 3 aromatic rings. The van der Waals surface area contributed by atoms with Crippen molar-refractivity contribution in [2.24, 2.45) is 0 Å². The molecule has 26 heavy (non-hydrogen) atoms. The minimum Gasteiger partial charge on any atom is -0.394 e. The molecule has 0 aliphatic carbocycles. The molecule has 3 rings (SSSR count). The van der Waals surface area contributed by atoms with Crippen molar-refractivity contribution in [1.82, 2.24) is 15.0 Å². The second-order valence-electron chi connectivity index (χ2n) is 5.97. The van der Waals surface area contributed by atoms with E-state index in [0.29, 0.717) is 28.7 Å². The summed E-state index contributed by atoms with van der Waals surface area (Å²) in [6.07, 6.45) is 3.39. The molecule has 0 amide bonds. The number of halogens is 1. The maximum Gasteiger partial charge on any atom is 0.225 e. The molecule has 1 atom stereocenters. The largest absolute Gasteiger partial charge is 0.394 e. The zero-order chi connectivity index (χ0) is 18.5. The summed E-state index contributed by atoms with van der Waals surface area (Å²) in [5.74, 6) is 0.591. The summed E-state index contributed by atoms with van der Waals surface area (Å²) in [4.78, 5) is 13.0. The number of benzene rings is 1. The van der Waals surface area contributed by atoms with Gasteiger partial charge in [0, 0.05) is 41.3 Å². The Morgan fingerprint density at radius 3 is 2.77 bits per heavy atom. The fourth-order valence-electron chi connectivity index (χ4n) is 2.38. The molecule has 0 aliphatic rings. The molecule has 3 N–H and O–H groups in total. The van der Waals surface area contributed by atoms with Gasteiger partial charge in [-0.1, -0.05) is 6.07 Å². The standard InChI is InChI=1S/C19H20FN5O/c1-12(11-26)22-19-24-17(14-5-4-8-21-10-14)9-18(25-19)23-16-7-3-6-15(20)13(16)2/h3-10,12,26H,11H2,1-2H3,(H2,22,23,24,25)/t12-/m1/s1. The van der Waals surface area contributed by atoms with Gasteiger partial charge in [0.1, 0.15) is 11.6 Å². The molecule has 2 aromatic heterocycles. The van der Waals surface area contributed by atoms with Gasteiger partial charge < -0.3 is 15.7 Å². The number of aliphatic hydroxyl groups excluding tert-OH is 1. The number of nitrogens with one attached hydrogen (secondary N) is 2. The normalized spacial score (nSPS) is 11.8. The SMILES string of the molecule is Cc1c(F)cccc1Nc1cc(-c2cccnc2)nc(N[C@H](C)CO)n1. The zero-order valence-electron chi connectivity index (χ0n) is 14.6. The second kappa shape index (κ2) is 7.88. The summed E-state index contributed by atoms with van der Waals surface area (Å²) in [5, 5.41) is 15.5. The number of pyridine rings is 1. The summed E-state index contributed by atoms with van der Waals surface area (Å²) in [6.45, 7) is 3.48. The Labute approximate surface area is 151 Å². The van der Waals surface area contributed by atoms with Gasteiger partial charge in [-0.3, -0.25) is 4.98 Å². The number of aliphatic hydroxyl groups is 1. The zero-order valence-corrected chi connectivity index (χ0v) is 14.6. The molecule has 134 valence electrons. The van der Waals surface area contributed by atoms with E-state index < -0.39 is 0 Å². The Kier molecular flexibility index (Phi) is 5.38. The van der Waals surface area contributed by atoms with Gasteiger partial charge in [0.05, 0.1) is 12.3 Å². The van der Waals surface area contributed by atoms with Gasteiger partial charge >= 0.3 is 0 Å². The van der Waals surface area contributed by atoms with Crippen LogP contribution in [-0.4, -0.2) is 32.7 Å². The molecular weight excluding hydrogens is 333 g/mol. The van der Waals surface area contributed by atoms with Crippen molar-refractivity contribution in [3.8, 4) is 11.3 Å². The van der Waals surface area contributed by atoms with Crippen LogP contribution in [0.15, 0.2) is 48.8 Å². The van der Waals surface area contributed by atoms with E-state index >= 15 is 0 Å². The first-order valence-electron chi connectivity index (χ1n) is 8.26. The first-order chi connectivity index (χ1) is 12.6. The van der Waals surface area contributed by atoms with E-state index in [1.165, 1.54) is 6.07 Å². The van der Waals surface area contributed by atoms with Crippen LogP contribution in [0.2, 0.25) is 0 Å². The highest BCUT2D eigenvalue weighted by molar-refractivity contribution is 5.68. The van der Waals surface area contributed by atoms with Gasteiger partial charge in [-0.05, 0) is 38.1 Å². The molecule has 0 fully saturated rings. The first kappa shape index (κ1) is 17.8. The van der Waals surface area contributed by atoms with Gasteiger partial charge in [-0.15, -0.1) is 0 Å². The van der Waals surface area contributed by atoms with E-state index in [9.17, 15) is 9.50 Å². The maximum absolute atomic E-state index is 13.8. The third kappa shape index (κ3) is 4.12. The van der Waals surface area contributed by atoms with Crippen LogP contribution in [0.25, 0.3) is 11.3 Å². The van der Waals surface area contributed by atoms with Gasteiger partial charge in [-0.25, -0.2) is 9.37 Å².